The van der Waals surface area contributed by atoms with Gasteiger partial charge in [-0.2, -0.15) is 5.26 Å². The van der Waals surface area contributed by atoms with E-state index in [4.69, 9.17) is 10.00 Å². The summed E-state index contributed by atoms with van der Waals surface area (Å²) in [5.74, 6) is 1.43. The number of benzene rings is 2. The van der Waals surface area contributed by atoms with E-state index < -0.39 is 0 Å². The molecule has 0 spiro atoms. The molecule has 2 aromatic rings. The molecule has 0 bridgehead atoms. The molecule has 0 aliphatic heterocycles. The summed E-state index contributed by atoms with van der Waals surface area (Å²) >= 11 is 0. The molecule has 3 nitrogen and oxygen atoms in total. The van der Waals surface area contributed by atoms with Gasteiger partial charge in [-0.1, -0.05) is 12.1 Å². The molecule has 0 aliphatic carbocycles. The fourth-order valence-corrected chi connectivity index (χ4v) is 1.59. The maximum absolute atomic E-state index is 8.83. The highest BCUT2D eigenvalue weighted by Crippen LogP contribution is 2.25. The molecule has 0 N–H and O–H groups in total. The second kappa shape index (κ2) is 5.24. The van der Waals surface area contributed by atoms with Crippen LogP contribution in [0.3, 0.4) is 0 Å². The molecule has 0 saturated heterocycles. The van der Waals surface area contributed by atoms with Crippen LogP contribution in [-0.2, 0) is 0 Å². The summed E-state index contributed by atoms with van der Waals surface area (Å²) in [6.07, 6.45) is 0. The van der Waals surface area contributed by atoms with Gasteiger partial charge in [-0.3, -0.25) is 0 Å². The summed E-state index contributed by atoms with van der Waals surface area (Å²) in [5, 5.41) is 8.83. The summed E-state index contributed by atoms with van der Waals surface area (Å²) in [5.41, 5.74) is 1.67. The maximum Gasteiger partial charge on any atom is 0.129 e. The molecule has 2 rings (SSSR count). The van der Waals surface area contributed by atoms with Gasteiger partial charge in [0, 0.05) is 25.8 Å². The lowest BCUT2D eigenvalue weighted by atomic mass is 10.2. The van der Waals surface area contributed by atoms with Crippen LogP contribution in [0.15, 0.2) is 48.5 Å². The predicted octanol–water partition coefficient (Wildman–Crippen LogP) is 3.42. The smallest absolute Gasteiger partial charge is 0.129 e. The van der Waals surface area contributed by atoms with Gasteiger partial charge in [0.2, 0.25) is 0 Å². The zero-order chi connectivity index (χ0) is 13.0. The van der Waals surface area contributed by atoms with Gasteiger partial charge in [0.05, 0.1) is 11.6 Å². The van der Waals surface area contributed by atoms with Crippen LogP contribution in [0.2, 0.25) is 0 Å². The first kappa shape index (κ1) is 12.0. The summed E-state index contributed by atoms with van der Waals surface area (Å²) in [7, 11) is 3.96. The zero-order valence-corrected chi connectivity index (χ0v) is 10.4. The highest BCUT2D eigenvalue weighted by molar-refractivity contribution is 5.50. The monoisotopic (exact) mass is 238 g/mol. The summed E-state index contributed by atoms with van der Waals surface area (Å²) in [6, 6.07) is 17.0. The number of hydrogen-bond acceptors (Lipinski definition) is 3. The average molecular weight is 238 g/mol. The topological polar surface area (TPSA) is 36.3 Å². The lowest BCUT2D eigenvalue weighted by Gasteiger charge is -2.14. The lowest BCUT2D eigenvalue weighted by molar-refractivity contribution is 0.482. The fraction of sp³-hybridized carbons (Fsp3) is 0.133. The van der Waals surface area contributed by atoms with E-state index in [9.17, 15) is 0 Å². The van der Waals surface area contributed by atoms with Gasteiger partial charge in [-0.25, -0.2) is 0 Å². The van der Waals surface area contributed by atoms with Crippen molar-refractivity contribution in [2.24, 2.45) is 0 Å². The second-order valence-electron chi connectivity index (χ2n) is 4.13. The maximum atomic E-state index is 8.83. The molecule has 0 atom stereocenters. The summed E-state index contributed by atoms with van der Waals surface area (Å²) in [6.45, 7) is 0. The third-order valence-corrected chi connectivity index (χ3v) is 2.53. The van der Waals surface area contributed by atoms with Crippen molar-refractivity contribution >= 4 is 5.69 Å². The van der Waals surface area contributed by atoms with Crippen molar-refractivity contribution in [3.05, 3.63) is 54.1 Å². The first-order chi connectivity index (χ1) is 8.69. The molecule has 0 radical (unpaired) electrons. The van der Waals surface area contributed by atoms with Crippen molar-refractivity contribution in [3.8, 4) is 17.6 Å². The number of nitriles is 1. The van der Waals surface area contributed by atoms with Gasteiger partial charge in [-0.15, -0.1) is 0 Å². The first-order valence-corrected chi connectivity index (χ1v) is 5.64. The molecule has 3 heteroatoms. The molecule has 0 heterocycles. The van der Waals surface area contributed by atoms with E-state index in [0.29, 0.717) is 11.3 Å². The molecular formula is C15H14N2O. The van der Waals surface area contributed by atoms with Crippen LogP contribution in [-0.4, -0.2) is 14.1 Å². The fourth-order valence-electron chi connectivity index (χ4n) is 1.59. The Labute approximate surface area is 107 Å². The molecule has 90 valence electrons. The molecule has 0 aliphatic rings. The van der Waals surface area contributed by atoms with Crippen molar-refractivity contribution in [1.82, 2.24) is 0 Å². The van der Waals surface area contributed by atoms with Gasteiger partial charge < -0.3 is 9.64 Å². The Morgan fingerprint density at radius 3 is 2.33 bits per heavy atom. The molecule has 0 unspecified atom stereocenters. The van der Waals surface area contributed by atoms with Gasteiger partial charge in [0.15, 0.2) is 0 Å². The SMILES string of the molecule is CN(C)c1cccc(Oc2cccc(C#N)c2)c1. The summed E-state index contributed by atoms with van der Waals surface area (Å²) < 4.78 is 5.73. The second-order valence-corrected chi connectivity index (χ2v) is 4.13. The zero-order valence-electron chi connectivity index (χ0n) is 10.4. The van der Waals surface area contributed by atoms with Crippen LogP contribution >= 0.6 is 0 Å². The van der Waals surface area contributed by atoms with Crippen molar-refractivity contribution in [2.45, 2.75) is 0 Å². The minimum atomic E-state index is 0.594. The molecule has 18 heavy (non-hydrogen) atoms. The Balaban J connectivity index is 2.23. The van der Waals surface area contributed by atoms with Crippen LogP contribution < -0.4 is 9.64 Å². The van der Waals surface area contributed by atoms with Gasteiger partial charge in [-0.05, 0) is 30.3 Å². The lowest BCUT2D eigenvalue weighted by Crippen LogP contribution is -2.08. The van der Waals surface area contributed by atoms with E-state index in [2.05, 4.69) is 6.07 Å². The molecule has 0 aromatic heterocycles. The van der Waals surface area contributed by atoms with Crippen molar-refractivity contribution in [1.29, 1.82) is 5.26 Å². The standard InChI is InChI=1S/C15H14N2O/c1-17(2)13-6-4-8-15(10-13)18-14-7-3-5-12(9-14)11-16/h3-10H,1-2H3. The third-order valence-electron chi connectivity index (χ3n) is 2.53. The molecule has 0 fully saturated rings. The van der Waals surface area contributed by atoms with Crippen LogP contribution in [0.1, 0.15) is 5.56 Å². The van der Waals surface area contributed by atoms with E-state index in [1.54, 1.807) is 12.1 Å². The van der Waals surface area contributed by atoms with Gasteiger partial charge >= 0.3 is 0 Å². The van der Waals surface area contributed by atoms with Gasteiger partial charge in [0.25, 0.3) is 0 Å². The minimum absolute atomic E-state index is 0.594. The summed E-state index contributed by atoms with van der Waals surface area (Å²) in [4.78, 5) is 2.01. The molecular weight excluding hydrogens is 224 g/mol. The number of rotatable bonds is 3. The number of hydrogen-bond donors (Lipinski definition) is 0. The number of ether oxygens (including phenoxy) is 1. The van der Waals surface area contributed by atoms with E-state index in [-0.39, 0.29) is 0 Å². The number of nitrogens with zero attached hydrogens (tertiary/aromatic N) is 2. The van der Waals surface area contributed by atoms with Crippen LogP contribution in [0.25, 0.3) is 0 Å². The Morgan fingerprint density at radius 1 is 1.00 bits per heavy atom. The Morgan fingerprint density at radius 2 is 1.67 bits per heavy atom. The van der Waals surface area contributed by atoms with Gasteiger partial charge in [0.1, 0.15) is 11.5 Å². The Hall–Kier alpha value is -2.47. The largest absolute Gasteiger partial charge is 0.457 e. The predicted molar refractivity (Wildman–Crippen MR) is 72.0 cm³/mol. The van der Waals surface area contributed by atoms with Crippen molar-refractivity contribution in [2.75, 3.05) is 19.0 Å². The van der Waals surface area contributed by atoms with Crippen molar-refractivity contribution in [3.63, 3.8) is 0 Å². The molecule has 0 amide bonds. The van der Waals surface area contributed by atoms with Crippen molar-refractivity contribution < 1.29 is 4.74 Å². The highest BCUT2D eigenvalue weighted by Gasteiger charge is 2.01. The van der Waals surface area contributed by atoms with E-state index in [0.717, 1.165) is 11.4 Å². The number of anilines is 1. The highest BCUT2D eigenvalue weighted by atomic mass is 16.5. The average Bonchev–Trinajstić information content (AvgIpc) is 2.39. The van der Waals surface area contributed by atoms with E-state index in [1.165, 1.54) is 0 Å². The van der Waals surface area contributed by atoms with E-state index in [1.807, 2.05) is 55.4 Å². The Bertz CT molecular complexity index is 585. The Kier molecular flexibility index (Phi) is 3.49. The van der Waals surface area contributed by atoms with Crippen LogP contribution in [0.4, 0.5) is 5.69 Å². The molecule has 0 saturated carbocycles. The van der Waals surface area contributed by atoms with Crippen LogP contribution in [0, 0.1) is 11.3 Å². The van der Waals surface area contributed by atoms with Crippen LogP contribution in [0.5, 0.6) is 11.5 Å². The minimum Gasteiger partial charge on any atom is -0.457 e. The third kappa shape index (κ3) is 2.80. The molecule has 2 aromatic carbocycles. The van der Waals surface area contributed by atoms with E-state index >= 15 is 0 Å². The quantitative estimate of drug-likeness (QED) is 0.822. The normalized spacial score (nSPS) is 9.61. The first-order valence-electron chi connectivity index (χ1n) is 5.64.